The molecule has 21 heavy (non-hydrogen) atoms. The smallest absolute Gasteiger partial charge is 0.165 e. The summed E-state index contributed by atoms with van der Waals surface area (Å²) in [6.45, 7) is 11.6. The lowest BCUT2D eigenvalue weighted by Gasteiger charge is -2.51. The second-order valence-corrected chi connectivity index (χ2v) is 6.91. The molecule has 1 heterocycles. The number of halogens is 1. The standard InChI is InChI=1S/C17H27FN2O/c1-6-17(4)11-19-16(2,3)12-20(17)10-13-7-8-15(21-5)14(18)9-13/h7-9,19H,6,10-12H2,1-5H3. The number of rotatable bonds is 4. The van der Waals surface area contributed by atoms with Crippen LogP contribution in [0.1, 0.15) is 39.7 Å². The molecule has 0 saturated carbocycles. The molecule has 0 aromatic heterocycles. The van der Waals surface area contributed by atoms with Crippen LogP contribution < -0.4 is 10.1 Å². The maximum atomic E-state index is 13.9. The molecule has 1 aromatic rings. The van der Waals surface area contributed by atoms with E-state index < -0.39 is 0 Å². The van der Waals surface area contributed by atoms with Gasteiger partial charge < -0.3 is 10.1 Å². The van der Waals surface area contributed by atoms with Gasteiger partial charge in [0.25, 0.3) is 0 Å². The summed E-state index contributed by atoms with van der Waals surface area (Å²) in [6, 6.07) is 5.25. The van der Waals surface area contributed by atoms with Gasteiger partial charge in [-0.2, -0.15) is 0 Å². The fraction of sp³-hybridized carbons (Fsp3) is 0.647. The van der Waals surface area contributed by atoms with Crippen LogP contribution in [0.2, 0.25) is 0 Å². The normalized spacial score (nSPS) is 25.8. The first kappa shape index (κ1) is 16.2. The summed E-state index contributed by atoms with van der Waals surface area (Å²) in [5.41, 5.74) is 1.18. The van der Waals surface area contributed by atoms with Crippen LogP contribution in [0.25, 0.3) is 0 Å². The topological polar surface area (TPSA) is 24.5 Å². The Bertz CT molecular complexity index is 504. The van der Waals surface area contributed by atoms with E-state index >= 15 is 0 Å². The Hall–Kier alpha value is -1.13. The quantitative estimate of drug-likeness (QED) is 0.923. The highest BCUT2D eigenvalue weighted by atomic mass is 19.1. The molecule has 118 valence electrons. The maximum absolute atomic E-state index is 13.9. The van der Waals surface area contributed by atoms with Crippen molar-refractivity contribution in [1.29, 1.82) is 0 Å². The zero-order valence-corrected chi connectivity index (χ0v) is 13.8. The molecule has 1 aliphatic rings. The van der Waals surface area contributed by atoms with Crippen LogP contribution in [0.3, 0.4) is 0 Å². The minimum atomic E-state index is -0.289. The van der Waals surface area contributed by atoms with Crippen LogP contribution in [0.15, 0.2) is 18.2 Å². The first-order valence-electron chi connectivity index (χ1n) is 7.62. The molecule has 1 aliphatic heterocycles. The number of hydrogen-bond donors (Lipinski definition) is 1. The molecule has 1 unspecified atom stereocenters. The van der Waals surface area contributed by atoms with Crippen LogP contribution in [0.5, 0.6) is 5.75 Å². The van der Waals surface area contributed by atoms with E-state index in [1.54, 1.807) is 12.1 Å². The third kappa shape index (κ3) is 3.55. The molecule has 3 nitrogen and oxygen atoms in total. The Morgan fingerprint density at radius 1 is 1.33 bits per heavy atom. The van der Waals surface area contributed by atoms with Gasteiger partial charge in [-0.3, -0.25) is 4.90 Å². The molecule has 1 fully saturated rings. The highest BCUT2D eigenvalue weighted by molar-refractivity contribution is 5.29. The number of nitrogens with zero attached hydrogens (tertiary/aromatic N) is 1. The molecule has 0 radical (unpaired) electrons. The van der Waals surface area contributed by atoms with Crippen molar-refractivity contribution in [3.63, 3.8) is 0 Å². The van der Waals surface area contributed by atoms with Crippen molar-refractivity contribution >= 4 is 0 Å². The SMILES string of the molecule is CCC1(C)CNC(C)(C)CN1Cc1ccc(OC)c(F)c1. The second-order valence-electron chi connectivity index (χ2n) is 6.91. The molecule has 1 saturated heterocycles. The van der Waals surface area contributed by atoms with E-state index in [0.29, 0.717) is 5.75 Å². The first-order valence-corrected chi connectivity index (χ1v) is 7.62. The lowest BCUT2D eigenvalue weighted by Crippen LogP contribution is -2.66. The summed E-state index contributed by atoms with van der Waals surface area (Å²) < 4.78 is 18.9. The Kier molecular flexibility index (Phi) is 4.59. The van der Waals surface area contributed by atoms with E-state index in [-0.39, 0.29) is 16.9 Å². The number of piperazine rings is 1. The lowest BCUT2D eigenvalue weighted by molar-refractivity contribution is 0.0174. The van der Waals surface area contributed by atoms with Crippen molar-refractivity contribution in [2.24, 2.45) is 0 Å². The molecule has 1 atom stereocenters. The first-order chi connectivity index (χ1) is 9.79. The molecule has 1 N–H and O–H groups in total. The van der Waals surface area contributed by atoms with E-state index in [1.807, 2.05) is 6.07 Å². The van der Waals surface area contributed by atoms with Crippen LogP contribution in [-0.4, -0.2) is 36.2 Å². The van der Waals surface area contributed by atoms with Crippen molar-refractivity contribution in [2.45, 2.75) is 51.7 Å². The molecule has 0 spiro atoms. The minimum absolute atomic E-state index is 0.0830. The number of benzene rings is 1. The highest BCUT2D eigenvalue weighted by Crippen LogP contribution is 2.29. The summed E-state index contributed by atoms with van der Waals surface area (Å²) in [6.07, 6.45) is 1.06. The maximum Gasteiger partial charge on any atom is 0.165 e. The van der Waals surface area contributed by atoms with E-state index in [1.165, 1.54) is 7.11 Å². The zero-order chi connectivity index (χ0) is 15.7. The van der Waals surface area contributed by atoms with Crippen molar-refractivity contribution in [2.75, 3.05) is 20.2 Å². The zero-order valence-electron chi connectivity index (χ0n) is 13.8. The molecule has 2 rings (SSSR count). The summed E-state index contributed by atoms with van der Waals surface area (Å²) in [5, 5.41) is 3.61. The Labute approximate surface area is 127 Å². The summed E-state index contributed by atoms with van der Waals surface area (Å²) in [4.78, 5) is 2.46. The Morgan fingerprint density at radius 3 is 2.62 bits per heavy atom. The van der Waals surface area contributed by atoms with Gasteiger partial charge in [-0.15, -0.1) is 0 Å². The fourth-order valence-electron chi connectivity index (χ4n) is 2.89. The Morgan fingerprint density at radius 2 is 2.05 bits per heavy atom. The number of hydrogen-bond acceptors (Lipinski definition) is 3. The van der Waals surface area contributed by atoms with Gasteiger partial charge in [0.05, 0.1) is 7.11 Å². The average Bonchev–Trinajstić information content (AvgIpc) is 2.43. The van der Waals surface area contributed by atoms with Crippen LogP contribution in [0.4, 0.5) is 4.39 Å². The fourth-order valence-corrected chi connectivity index (χ4v) is 2.89. The van der Waals surface area contributed by atoms with E-state index in [4.69, 9.17) is 4.74 Å². The monoisotopic (exact) mass is 294 g/mol. The lowest BCUT2D eigenvalue weighted by atomic mass is 9.87. The van der Waals surface area contributed by atoms with Gasteiger partial charge in [0.1, 0.15) is 0 Å². The van der Waals surface area contributed by atoms with E-state index in [2.05, 4.69) is 37.9 Å². The molecule has 0 aliphatic carbocycles. The van der Waals surface area contributed by atoms with Crippen molar-refractivity contribution in [1.82, 2.24) is 10.2 Å². The largest absolute Gasteiger partial charge is 0.494 e. The van der Waals surface area contributed by atoms with Gasteiger partial charge in [-0.05, 0) is 44.9 Å². The summed E-state index contributed by atoms with van der Waals surface area (Å²) >= 11 is 0. The average molecular weight is 294 g/mol. The van der Waals surface area contributed by atoms with Crippen LogP contribution in [0, 0.1) is 5.82 Å². The van der Waals surface area contributed by atoms with Gasteiger partial charge in [0, 0.05) is 30.7 Å². The number of methoxy groups -OCH3 is 1. The van der Waals surface area contributed by atoms with Crippen molar-refractivity contribution < 1.29 is 9.13 Å². The third-order valence-electron chi connectivity index (χ3n) is 4.65. The van der Waals surface area contributed by atoms with E-state index in [0.717, 1.165) is 31.6 Å². The molecular weight excluding hydrogens is 267 g/mol. The van der Waals surface area contributed by atoms with Gasteiger partial charge in [0.2, 0.25) is 0 Å². The molecule has 0 bridgehead atoms. The van der Waals surface area contributed by atoms with Crippen molar-refractivity contribution in [3.8, 4) is 5.75 Å². The number of nitrogens with one attached hydrogen (secondary N) is 1. The van der Waals surface area contributed by atoms with Crippen LogP contribution in [-0.2, 0) is 6.54 Å². The van der Waals surface area contributed by atoms with Gasteiger partial charge in [-0.25, -0.2) is 4.39 Å². The molecule has 1 aromatic carbocycles. The van der Waals surface area contributed by atoms with Gasteiger partial charge in [0.15, 0.2) is 11.6 Å². The molecule has 0 amide bonds. The number of ether oxygens (including phenoxy) is 1. The summed E-state index contributed by atoms with van der Waals surface area (Å²) in [7, 11) is 1.49. The molecule has 4 heteroatoms. The second kappa shape index (κ2) is 5.93. The highest BCUT2D eigenvalue weighted by Gasteiger charge is 2.39. The molecular formula is C17H27FN2O. The van der Waals surface area contributed by atoms with Gasteiger partial charge in [-0.1, -0.05) is 13.0 Å². The third-order valence-corrected chi connectivity index (χ3v) is 4.65. The predicted octanol–water partition coefficient (Wildman–Crippen LogP) is 3.19. The van der Waals surface area contributed by atoms with Crippen molar-refractivity contribution in [3.05, 3.63) is 29.6 Å². The minimum Gasteiger partial charge on any atom is -0.494 e. The summed E-state index contributed by atoms with van der Waals surface area (Å²) in [5.74, 6) is 0.0141. The van der Waals surface area contributed by atoms with E-state index in [9.17, 15) is 4.39 Å². The van der Waals surface area contributed by atoms with Crippen LogP contribution >= 0.6 is 0 Å². The van der Waals surface area contributed by atoms with Gasteiger partial charge >= 0.3 is 0 Å². The predicted molar refractivity (Wildman–Crippen MR) is 84.1 cm³/mol. The Balaban J connectivity index is 2.20.